The number of carbonyl (C=O) groups is 3. The lowest BCUT2D eigenvalue weighted by atomic mass is 10.0. The van der Waals surface area contributed by atoms with Gasteiger partial charge in [0.15, 0.2) is 12.4 Å². The van der Waals surface area contributed by atoms with Gasteiger partial charge in [-0.2, -0.15) is 0 Å². The fourth-order valence-corrected chi connectivity index (χ4v) is 12.9. The number of hydrogen-bond donors (Lipinski definition) is 0. The summed E-state index contributed by atoms with van der Waals surface area (Å²) in [5.74, 6) is -2.24. The van der Waals surface area contributed by atoms with Crippen LogP contribution in [0, 0.1) is 0 Å². The Hall–Kier alpha value is -1.71. The monoisotopic (exact) mass is 1270 g/mol. The van der Waals surface area contributed by atoms with Crippen LogP contribution in [0.25, 0.3) is 0 Å². The van der Waals surface area contributed by atoms with Gasteiger partial charge in [0, 0.05) is 12.8 Å². The van der Waals surface area contributed by atoms with Gasteiger partial charge in [-0.05, 0) is 12.8 Å². The van der Waals surface area contributed by atoms with Gasteiger partial charge in [0.25, 0.3) is 0 Å². The molecule has 0 heterocycles. The third kappa shape index (κ3) is 73.7. The lowest BCUT2D eigenvalue weighted by Gasteiger charge is -2.26. The summed E-state index contributed by atoms with van der Waals surface area (Å²) >= 11 is 0. The van der Waals surface area contributed by atoms with Crippen LogP contribution in [-0.4, -0.2) is 82.3 Å². The van der Waals surface area contributed by atoms with E-state index in [0.29, 0.717) is 17.4 Å². The third-order valence-corrected chi connectivity index (χ3v) is 19.1. The number of ether oxygens (including phenoxy) is 4. The second kappa shape index (κ2) is 73.1. The summed E-state index contributed by atoms with van der Waals surface area (Å²) < 4.78 is 22.9. The smallest absolute Gasteiger partial charge is 0.306 e. The number of carboxylic acid groups (broad SMARTS) is 1. The van der Waals surface area contributed by atoms with E-state index in [9.17, 15) is 19.5 Å². The normalized spacial score (nSPS) is 12.5. The van der Waals surface area contributed by atoms with E-state index in [2.05, 4.69) is 13.8 Å². The van der Waals surface area contributed by atoms with Crippen molar-refractivity contribution in [1.82, 2.24) is 0 Å². The summed E-state index contributed by atoms with van der Waals surface area (Å²) in [7, 11) is 5.96. The number of carboxylic acids is 1. The quantitative estimate of drug-likeness (QED) is 0.0256. The summed E-state index contributed by atoms with van der Waals surface area (Å²) in [6.07, 6.45) is 86.8. The molecule has 0 aromatic rings. The molecule has 0 aliphatic heterocycles. The van der Waals surface area contributed by atoms with E-state index in [1.54, 1.807) is 0 Å². The van der Waals surface area contributed by atoms with Crippen molar-refractivity contribution in [1.29, 1.82) is 0 Å². The number of rotatable bonds is 78. The highest BCUT2D eigenvalue weighted by molar-refractivity contribution is 5.70. The SMILES string of the molecule is CCCCCCCCCCCCCCCCCCCCCCCCCCCCCCCCCCCCCCCCC(=O)OC(COC(=O)CCCCCCCCCCCCCCCCCCCCCCCCCCCCC)COC(OCC[N+](C)(C)C)C(=O)[O-]. The second-order valence-electron chi connectivity index (χ2n) is 29.4. The second-order valence-corrected chi connectivity index (χ2v) is 29.4. The van der Waals surface area contributed by atoms with Crippen LogP contribution in [0.3, 0.4) is 0 Å². The highest BCUT2D eigenvalue weighted by atomic mass is 16.7. The Morgan fingerprint density at radius 1 is 0.289 bits per heavy atom. The minimum absolute atomic E-state index is 0.154. The molecular weight excluding hydrogens is 1110 g/mol. The zero-order valence-electron chi connectivity index (χ0n) is 61.6. The van der Waals surface area contributed by atoms with Crippen molar-refractivity contribution in [3.8, 4) is 0 Å². The summed E-state index contributed by atoms with van der Waals surface area (Å²) in [6.45, 7) is 4.86. The van der Waals surface area contributed by atoms with Crippen LogP contribution in [0.15, 0.2) is 0 Å². The van der Waals surface area contributed by atoms with Crippen molar-refractivity contribution in [2.24, 2.45) is 0 Å². The zero-order chi connectivity index (χ0) is 65.4. The van der Waals surface area contributed by atoms with Gasteiger partial charge in [-0.15, -0.1) is 0 Å². The Balaban J connectivity index is 3.92. The molecule has 0 radical (unpaired) electrons. The molecule has 0 rings (SSSR count). The molecule has 0 amide bonds. The first-order valence-electron chi connectivity index (χ1n) is 40.7. The van der Waals surface area contributed by atoms with Crippen LogP contribution in [0.4, 0.5) is 0 Å². The summed E-state index contributed by atoms with van der Waals surface area (Å²) in [5.41, 5.74) is 0. The summed E-state index contributed by atoms with van der Waals surface area (Å²) in [5, 5.41) is 11.9. The molecule has 0 aromatic carbocycles. The molecule has 0 fully saturated rings. The van der Waals surface area contributed by atoms with Crippen molar-refractivity contribution in [2.45, 2.75) is 456 Å². The standard InChI is InChI=1S/C81H159NO8/c1-6-8-10-12-14-16-18-20-22-24-26-28-30-32-34-35-36-37-38-39-40-41-42-43-44-46-48-50-52-54-56-58-60-62-64-66-68-70-72-79(84)90-77(76-89-81(80(85)86)87-74-73-82(3,4)5)75-88-78(83)71-69-67-65-63-61-59-57-55-53-51-49-47-45-33-31-29-27-25-23-21-19-17-15-13-11-9-7-2/h77,81H,6-76H2,1-5H3. The molecule has 0 aliphatic carbocycles. The molecular formula is C81H159NO8. The molecule has 0 bridgehead atoms. The molecule has 2 unspecified atom stereocenters. The number of hydrogen-bond acceptors (Lipinski definition) is 8. The maximum absolute atomic E-state index is 13.0. The average molecular weight is 1280 g/mol. The van der Waals surface area contributed by atoms with Crippen molar-refractivity contribution >= 4 is 17.9 Å². The number of esters is 2. The lowest BCUT2D eigenvalue weighted by molar-refractivity contribution is -0.870. The minimum atomic E-state index is -1.62. The predicted molar refractivity (Wildman–Crippen MR) is 385 cm³/mol. The summed E-state index contributed by atoms with van der Waals surface area (Å²) in [6, 6.07) is 0. The van der Waals surface area contributed by atoms with Gasteiger partial charge in [0.05, 0.1) is 40.3 Å². The third-order valence-electron chi connectivity index (χ3n) is 19.1. The number of nitrogens with zero attached hydrogens (tertiary/aromatic N) is 1. The Bertz CT molecular complexity index is 1440. The fraction of sp³-hybridized carbons (Fsp3) is 0.963. The van der Waals surface area contributed by atoms with Gasteiger partial charge < -0.3 is 33.3 Å². The van der Waals surface area contributed by atoms with Crippen LogP contribution in [-0.2, 0) is 33.3 Å². The van der Waals surface area contributed by atoms with Crippen molar-refractivity contribution in [3.05, 3.63) is 0 Å². The molecule has 0 aromatic heterocycles. The Morgan fingerprint density at radius 2 is 0.500 bits per heavy atom. The van der Waals surface area contributed by atoms with E-state index >= 15 is 0 Å². The van der Waals surface area contributed by atoms with Crippen molar-refractivity contribution in [3.63, 3.8) is 0 Å². The molecule has 9 nitrogen and oxygen atoms in total. The van der Waals surface area contributed by atoms with E-state index in [4.69, 9.17) is 18.9 Å². The first-order chi connectivity index (χ1) is 44.1. The van der Waals surface area contributed by atoms with Crippen LogP contribution >= 0.6 is 0 Å². The van der Waals surface area contributed by atoms with E-state index in [1.807, 2.05) is 21.1 Å². The Morgan fingerprint density at radius 3 is 0.711 bits per heavy atom. The van der Waals surface area contributed by atoms with Gasteiger partial charge in [0.1, 0.15) is 13.2 Å². The highest BCUT2D eigenvalue weighted by Gasteiger charge is 2.22. The molecule has 0 saturated carbocycles. The van der Waals surface area contributed by atoms with E-state index in [1.165, 1.54) is 379 Å². The van der Waals surface area contributed by atoms with E-state index in [0.717, 1.165) is 38.5 Å². The maximum atomic E-state index is 13.0. The molecule has 2 atom stereocenters. The molecule has 0 spiro atoms. The lowest BCUT2D eigenvalue weighted by Crippen LogP contribution is -2.44. The molecule has 0 saturated heterocycles. The predicted octanol–water partition coefficient (Wildman–Crippen LogP) is 24.4. The summed E-state index contributed by atoms with van der Waals surface area (Å²) in [4.78, 5) is 37.6. The minimum Gasteiger partial charge on any atom is -0.545 e. The molecule has 0 N–H and O–H groups in total. The highest BCUT2D eigenvalue weighted by Crippen LogP contribution is 2.21. The van der Waals surface area contributed by atoms with Crippen molar-refractivity contribution < 1.29 is 42.9 Å². The van der Waals surface area contributed by atoms with Crippen LogP contribution in [0.2, 0.25) is 0 Å². The number of aliphatic carboxylic acids is 1. The van der Waals surface area contributed by atoms with Crippen LogP contribution < -0.4 is 5.11 Å². The fourth-order valence-electron chi connectivity index (χ4n) is 12.9. The Kier molecular flexibility index (Phi) is 71.7. The zero-order valence-corrected chi connectivity index (χ0v) is 61.6. The topological polar surface area (TPSA) is 111 Å². The van der Waals surface area contributed by atoms with Crippen LogP contribution in [0.5, 0.6) is 0 Å². The Labute approximate surface area is 562 Å². The molecule has 9 heteroatoms. The van der Waals surface area contributed by atoms with Gasteiger partial charge >= 0.3 is 11.9 Å². The number of quaternary nitrogens is 1. The number of likely N-dealkylation sites (N-methyl/N-ethyl adjacent to an activating group) is 1. The molecule has 90 heavy (non-hydrogen) atoms. The average Bonchev–Trinajstić information content (AvgIpc) is 3.64. The maximum Gasteiger partial charge on any atom is 0.306 e. The van der Waals surface area contributed by atoms with Gasteiger partial charge in [-0.3, -0.25) is 9.59 Å². The first kappa shape index (κ1) is 88.3. The van der Waals surface area contributed by atoms with Crippen LogP contribution in [0.1, 0.15) is 444 Å². The largest absolute Gasteiger partial charge is 0.545 e. The van der Waals surface area contributed by atoms with E-state index < -0.39 is 24.3 Å². The first-order valence-corrected chi connectivity index (χ1v) is 40.7. The number of unbranched alkanes of at least 4 members (excludes halogenated alkanes) is 63. The van der Waals surface area contributed by atoms with E-state index in [-0.39, 0.29) is 32.2 Å². The molecule has 0 aliphatic rings. The van der Waals surface area contributed by atoms with Crippen molar-refractivity contribution in [2.75, 3.05) is 47.5 Å². The van der Waals surface area contributed by atoms with Gasteiger partial charge in [-0.25, -0.2) is 0 Å². The molecule has 536 valence electrons. The van der Waals surface area contributed by atoms with Gasteiger partial charge in [0.2, 0.25) is 0 Å². The van der Waals surface area contributed by atoms with Gasteiger partial charge in [-0.1, -0.05) is 418 Å². The number of carbonyl (C=O) groups excluding carboxylic acids is 3.